The molecule has 1 N–H and O–H groups in total. The fraction of sp³-hybridized carbons (Fsp3) is 0.111. The largest absolute Gasteiger partial charge is 0.507 e. The normalized spacial score (nSPS) is 11.0. The molecule has 13 heavy (non-hydrogen) atoms. The summed E-state index contributed by atoms with van der Waals surface area (Å²) in [5.41, 5.74) is 0.480. The van der Waals surface area contributed by atoms with Gasteiger partial charge in [-0.2, -0.15) is 0 Å². The molecule has 0 aliphatic heterocycles. The predicted molar refractivity (Wildman–Crippen MR) is 46.9 cm³/mol. The van der Waals surface area contributed by atoms with E-state index in [0.717, 1.165) is 6.08 Å². The van der Waals surface area contributed by atoms with E-state index in [1.807, 2.05) is 0 Å². The summed E-state index contributed by atoms with van der Waals surface area (Å²) < 4.78 is 4.35. The van der Waals surface area contributed by atoms with Crippen molar-refractivity contribution < 1.29 is 14.6 Å². The van der Waals surface area contributed by atoms with Crippen LogP contribution in [0.1, 0.15) is 5.56 Å². The first-order chi connectivity index (χ1) is 6.24. The van der Waals surface area contributed by atoms with Gasteiger partial charge in [0.05, 0.1) is 13.2 Å². The van der Waals surface area contributed by atoms with Gasteiger partial charge >= 0.3 is 5.97 Å². The zero-order chi connectivity index (χ0) is 9.68. The number of rotatable bonds is 2. The van der Waals surface area contributed by atoms with E-state index in [2.05, 4.69) is 9.72 Å². The Morgan fingerprint density at radius 1 is 1.69 bits per heavy atom. The van der Waals surface area contributed by atoms with Crippen LogP contribution in [0.2, 0.25) is 0 Å². The monoisotopic (exact) mass is 179 g/mol. The number of methoxy groups -OCH3 is 1. The first kappa shape index (κ1) is 9.25. The molecule has 0 atom stereocenters. The average molecular weight is 179 g/mol. The molecule has 0 fully saturated rings. The molecule has 1 rings (SSSR count). The number of hydrogen-bond donors (Lipinski definition) is 1. The zero-order valence-corrected chi connectivity index (χ0v) is 7.10. The van der Waals surface area contributed by atoms with E-state index in [0.29, 0.717) is 5.56 Å². The van der Waals surface area contributed by atoms with Crippen LogP contribution >= 0.6 is 0 Å². The Hall–Kier alpha value is -1.84. The number of aromatic nitrogens is 1. The Morgan fingerprint density at radius 2 is 2.46 bits per heavy atom. The molecule has 0 aliphatic carbocycles. The standard InChI is InChI=1S/C9H9NO3/c1-13-9(12)5-8(11)7-3-2-4-10-6-7/h2-6,11H,1H3/b8-5-. The fourth-order valence-corrected chi connectivity index (χ4v) is 0.768. The van der Waals surface area contributed by atoms with Gasteiger partial charge in [-0.05, 0) is 12.1 Å². The van der Waals surface area contributed by atoms with Crippen molar-refractivity contribution in [3.8, 4) is 0 Å². The number of aliphatic hydroxyl groups is 1. The van der Waals surface area contributed by atoms with Crippen LogP contribution in [-0.4, -0.2) is 23.2 Å². The number of aliphatic hydroxyl groups excluding tert-OH is 1. The maximum absolute atomic E-state index is 10.7. The number of carbonyl (C=O) groups is 1. The van der Waals surface area contributed by atoms with Gasteiger partial charge in [0.2, 0.25) is 0 Å². The smallest absolute Gasteiger partial charge is 0.334 e. The van der Waals surface area contributed by atoms with Crippen LogP contribution in [0.5, 0.6) is 0 Å². The van der Waals surface area contributed by atoms with Crippen molar-refractivity contribution in [2.45, 2.75) is 0 Å². The minimum absolute atomic E-state index is 0.153. The van der Waals surface area contributed by atoms with Gasteiger partial charge in [-0.25, -0.2) is 4.79 Å². The number of pyridine rings is 1. The van der Waals surface area contributed by atoms with Gasteiger partial charge in [0.15, 0.2) is 0 Å². The van der Waals surface area contributed by atoms with Crippen LogP contribution in [-0.2, 0) is 9.53 Å². The number of ether oxygens (including phenoxy) is 1. The molecule has 68 valence electrons. The van der Waals surface area contributed by atoms with E-state index in [4.69, 9.17) is 0 Å². The molecule has 0 radical (unpaired) electrons. The number of hydrogen-bond acceptors (Lipinski definition) is 4. The Morgan fingerprint density at radius 3 is 3.00 bits per heavy atom. The van der Waals surface area contributed by atoms with E-state index in [1.54, 1.807) is 18.3 Å². The molecule has 0 bridgehead atoms. The summed E-state index contributed by atoms with van der Waals surface area (Å²) in [6.45, 7) is 0. The second kappa shape index (κ2) is 4.25. The summed E-state index contributed by atoms with van der Waals surface area (Å²) in [7, 11) is 1.25. The maximum atomic E-state index is 10.7. The maximum Gasteiger partial charge on any atom is 0.334 e. The first-order valence-electron chi connectivity index (χ1n) is 3.63. The zero-order valence-electron chi connectivity index (χ0n) is 7.10. The lowest BCUT2D eigenvalue weighted by Gasteiger charge is -1.97. The summed E-state index contributed by atoms with van der Waals surface area (Å²) in [6, 6.07) is 3.30. The van der Waals surface area contributed by atoms with E-state index in [9.17, 15) is 9.90 Å². The Bertz CT molecular complexity index is 319. The molecule has 1 aromatic rings. The molecule has 0 aliphatic rings. The molecular weight excluding hydrogens is 170 g/mol. The summed E-state index contributed by atoms with van der Waals surface area (Å²) in [5, 5.41) is 9.34. The average Bonchev–Trinajstić information content (AvgIpc) is 2.19. The van der Waals surface area contributed by atoms with E-state index < -0.39 is 5.97 Å². The number of carbonyl (C=O) groups excluding carboxylic acids is 1. The van der Waals surface area contributed by atoms with Gasteiger partial charge in [-0.1, -0.05) is 0 Å². The molecule has 1 aromatic heterocycles. The van der Waals surface area contributed by atoms with E-state index >= 15 is 0 Å². The van der Waals surface area contributed by atoms with Crippen molar-refractivity contribution in [2.24, 2.45) is 0 Å². The molecule has 0 saturated carbocycles. The van der Waals surface area contributed by atoms with E-state index in [1.165, 1.54) is 13.3 Å². The Balaban J connectivity index is 2.85. The lowest BCUT2D eigenvalue weighted by Crippen LogP contribution is -1.96. The van der Waals surface area contributed by atoms with Crippen LogP contribution in [0.3, 0.4) is 0 Å². The highest BCUT2D eigenvalue weighted by atomic mass is 16.5. The van der Waals surface area contributed by atoms with Crippen LogP contribution in [0.25, 0.3) is 5.76 Å². The lowest BCUT2D eigenvalue weighted by molar-refractivity contribution is -0.134. The lowest BCUT2D eigenvalue weighted by atomic mass is 10.2. The van der Waals surface area contributed by atoms with Gasteiger partial charge in [-0.3, -0.25) is 4.98 Å². The Labute approximate surface area is 75.5 Å². The van der Waals surface area contributed by atoms with Crippen molar-refractivity contribution in [1.82, 2.24) is 4.98 Å². The third kappa shape index (κ3) is 2.59. The molecule has 4 heteroatoms. The van der Waals surface area contributed by atoms with Gasteiger partial charge in [0.25, 0.3) is 0 Å². The van der Waals surface area contributed by atoms with Crippen LogP contribution in [0.15, 0.2) is 30.6 Å². The SMILES string of the molecule is COC(=O)/C=C(\O)c1cccnc1. The van der Waals surface area contributed by atoms with Crippen molar-refractivity contribution in [2.75, 3.05) is 7.11 Å². The minimum atomic E-state index is -0.596. The molecule has 1 heterocycles. The molecule has 0 unspecified atom stereocenters. The predicted octanol–water partition coefficient (Wildman–Crippen LogP) is 1.15. The third-order valence-electron chi connectivity index (χ3n) is 1.41. The van der Waals surface area contributed by atoms with Gasteiger partial charge in [0.1, 0.15) is 5.76 Å². The van der Waals surface area contributed by atoms with Crippen LogP contribution in [0, 0.1) is 0 Å². The number of nitrogens with zero attached hydrogens (tertiary/aromatic N) is 1. The summed E-state index contributed by atoms with van der Waals surface area (Å²) in [6.07, 6.45) is 4.03. The van der Waals surface area contributed by atoms with Gasteiger partial charge in [0, 0.05) is 18.0 Å². The quantitative estimate of drug-likeness (QED) is 0.420. The Kier molecular flexibility index (Phi) is 3.03. The molecular formula is C9H9NO3. The second-order valence-corrected chi connectivity index (χ2v) is 2.29. The minimum Gasteiger partial charge on any atom is -0.507 e. The first-order valence-corrected chi connectivity index (χ1v) is 3.63. The molecule has 0 aromatic carbocycles. The van der Waals surface area contributed by atoms with Crippen molar-refractivity contribution in [3.05, 3.63) is 36.2 Å². The second-order valence-electron chi connectivity index (χ2n) is 2.29. The summed E-state index contributed by atoms with van der Waals surface area (Å²) >= 11 is 0. The van der Waals surface area contributed by atoms with Crippen molar-refractivity contribution >= 4 is 11.7 Å². The topological polar surface area (TPSA) is 59.4 Å². The summed E-state index contributed by atoms with van der Waals surface area (Å²) in [4.78, 5) is 14.5. The van der Waals surface area contributed by atoms with Crippen molar-refractivity contribution in [3.63, 3.8) is 0 Å². The fourth-order valence-electron chi connectivity index (χ4n) is 0.768. The molecule has 0 amide bonds. The number of esters is 1. The highest BCUT2D eigenvalue weighted by Gasteiger charge is 2.01. The van der Waals surface area contributed by atoms with Gasteiger partial charge < -0.3 is 9.84 Å². The van der Waals surface area contributed by atoms with Crippen LogP contribution < -0.4 is 0 Å². The van der Waals surface area contributed by atoms with Gasteiger partial charge in [-0.15, -0.1) is 0 Å². The molecule has 4 nitrogen and oxygen atoms in total. The highest BCUT2D eigenvalue weighted by molar-refractivity contribution is 5.89. The van der Waals surface area contributed by atoms with E-state index in [-0.39, 0.29) is 5.76 Å². The third-order valence-corrected chi connectivity index (χ3v) is 1.41. The highest BCUT2D eigenvalue weighted by Crippen LogP contribution is 2.08. The van der Waals surface area contributed by atoms with Crippen molar-refractivity contribution in [1.29, 1.82) is 0 Å². The summed E-state index contributed by atoms with van der Waals surface area (Å²) in [5.74, 6) is -0.749. The van der Waals surface area contributed by atoms with Crippen LogP contribution in [0.4, 0.5) is 0 Å². The molecule has 0 saturated heterocycles. The molecule has 0 spiro atoms.